The Labute approximate surface area is 242 Å². The van der Waals surface area contributed by atoms with Crippen molar-refractivity contribution in [3.63, 3.8) is 0 Å². The van der Waals surface area contributed by atoms with E-state index in [-0.39, 0.29) is 43.8 Å². The minimum absolute atomic E-state index is 0.00236. The lowest BCUT2D eigenvalue weighted by Crippen LogP contribution is -2.53. The highest BCUT2D eigenvalue weighted by Crippen LogP contribution is 2.26. The lowest BCUT2D eigenvalue weighted by atomic mass is 9.92. The van der Waals surface area contributed by atoms with Crippen molar-refractivity contribution >= 4 is 17.8 Å². The van der Waals surface area contributed by atoms with Crippen LogP contribution in [-0.4, -0.2) is 52.8 Å². The van der Waals surface area contributed by atoms with Gasteiger partial charge in [-0.1, -0.05) is 97.1 Å². The molecule has 3 aromatic carbocycles. The Morgan fingerprint density at radius 3 is 2.07 bits per heavy atom. The third kappa shape index (κ3) is 9.15. The van der Waals surface area contributed by atoms with Gasteiger partial charge in [-0.3, -0.25) is 9.59 Å². The molecule has 7 heteroatoms. The number of carbonyl (C=O) groups excluding carboxylic acids is 3. The number of amides is 2. The zero-order valence-electron chi connectivity index (χ0n) is 23.4. The fourth-order valence-corrected chi connectivity index (χ4v) is 5.02. The summed E-state index contributed by atoms with van der Waals surface area (Å²) in [5.41, 5.74) is 2.87. The zero-order chi connectivity index (χ0) is 28.9. The number of ketones is 1. The summed E-state index contributed by atoms with van der Waals surface area (Å²) in [5, 5.41) is 0. The minimum Gasteiger partial charge on any atom is -0.445 e. The van der Waals surface area contributed by atoms with Crippen molar-refractivity contribution < 1.29 is 23.9 Å². The molecule has 2 atom stereocenters. The van der Waals surface area contributed by atoms with Gasteiger partial charge in [-0.25, -0.2) is 4.79 Å². The molecule has 0 radical (unpaired) electrons. The molecule has 4 rings (SSSR count). The first-order valence-corrected chi connectivity index (χ1v) is 14.1. The summed E-state index contributed by atoms with van der Waals surface area (Å²) in [6, 6.07) is 28.6. The van der Waals surface area contributed by atoms with Crippen LogP contribution in [0.4, 0.5) is 4.79 Å². The SMILES string of the molecule is C=CCN1C(=O)CC[C@@H](OCc2ccccc2)C1CC(=O)CCN(Cc1ccccc1)C(=O)OCc1ccccc1. The van der Waals surface area contributed by atoms with Gasteiger partial charge in [-0.05, 0) is 23.1 Å². The van der Waals surface area contributed by atoms with Crippen molar-refractivity contribution in [2.24, 2.45) is 0 Å². The first-order chi connectivity index (χ1) is 20.0. The van der Waals surface area contributed by atoms with E-state index in [0.29, 0.717) is 32.5 Å². The molecule has 1 aliphatic rings. The molecule has 3 aromatic rings. The van der Waals surface area contributed by atoms with E-state index in [4.69, 9.17) is 9.47 Å². The van der Waals surface area contributed by atoms with Crippen molar-refractivity contribution in [1.29, 1.82) is 0 Å². The van der Waals surface area contributed by atoms with Crippen molar-refractivity contribution in [1.82, 2.24) is 9.80 Å². The number of nitrogens with zero attached hydrogens (tertiary/aromatic N) is 2. The minimum atomic E-state index is -0.476. The van der Waals surface area contributed by atoms with E-state index in [1.165, 1.54) is 0 Å². The van der Waals surface area contributed by atoms with Crippen LogP contribution in [0.2, 0.25) is 0 Å². The van der Waals surface area contributed by atoms with Gasteiger partial charge < -0.3 is 19.3 Å². The van der Waals surface area contributed by atoms with E-state index < -0.39 is 12.1 Å². The van der Waals surface area contributed by atoms with Crippen LogP contribution in [0.15, 0.2) is 104 Å². The Morgan fingerprint density at radius 1 is 0.878 bits per heavy atom. The second-order valence-electron chi connectivity index (χ2n) is 10.2. The van der Waals surface area contributed by atoms with Crippen LogP contribution in [-0.2, 0) is 38.8 Å². The summed E-state index contributed by atoms with van der Waals surface area (Å²) in [4.78, 5) is 42.5. The summed E-state index contributed by atoms with van der Waals surface area (Å²) < 4.78 is 11.8. The molecule has 1 unspecified atom stereocenters. The first kappa shape index (κ1) is 29.7. The topological polar surface area (TPSA) is 76.2 Å². The highest BCUT2D eigenvalue weighted by Gasteiger charge is 2.37. The molecule has 1 fully saturated rings. The number of hydrogen-bond acceptors (Lipinski definition) is 5. The van der Waals surface area contributed by atoms with Crippen LogP contribution in [0, 0.1) is 0 Å². The van der Waals surface area contributed by atoms with E-state index in [9.17, 15) is 14.4 Å². The molecule has 7 nitrogen and oxygen atoms in total. The van der Waals surface area contributed by atoms with Gasteiger partial charge in [-0.2, -0.15) is 0 Å². The standard InChI is InChI=1S/C34H38N2O5/c1-2-21-36-31(32(18-19-33(36)38)40-25-28-14-8-4-9-15-28)23-30(37)20-22-35(24-27-12-6-3-7-13-27)34(39)41-26-29-16-10-5-11-17-29/h2-17,31-32H,1,18-26H2/t31?,32-/m1/s1. The molecule has 41 heavy (non-hydrogen) atoms. The summed E-state index contributed by atoms with van der Waals surface area (Å²) in [6.45, 7) is 5.25. The predicted octanol–water partition coefficient (Wildman–Crippen LogP) is 5.94. The molecule has 2 amide bonds. The molecule has 0 saturated carbocycles. The molecule has 0 bridgehead atoms. The van der Waals surface area contributed by atoms with Crippen LogP contribution in [0.1, 0.15) is 42.4 Å². The summed E-state index contributed by atoms with van der Waals surface area (Å²) in [5.74, 6) is -0.0431. The third-order valence-electron chi connectivity index (χ3n) is 7.20. The Hall–Kier alpha value is -4.23. The van der Waals surface area contributed by atoms with E-state index in [0.717, 1.165) is 16.7 Å². The van der Waals surface area contributed by atoms with E-state index in [1.54, 1.807) is 15.9 Å². The van der Waals surface area contributed by atoms with Crippen molar-refractivity contribution in [2.45, 2.75) is 57.6 Å². The highest BCUT2D eigenvalue weighted by molar-refractivity contribution is 5.82. The van der Waals surface area contributed by atoms with Crippen LogP contribution < -0.4 is 0 Å². The molecular formula is C34H38N2O5. The number of ether oxygens (including phenoxy) is 2. The van der Waals surface area contributed by atoms with Crippen molar-refractivity contribution in [2.75, 3.05) is 13.1 Å². The van der Waals surface area contributed by atoms with Gasteiger partial charge in [0, 0.05) is 38.9 Å². The third-order valence-corrected chi connectivity index (χ3v) is 7.20. The average Bonchev–Trinajstić information content (AvgIpc) is 3.01. The van der Waals surface area contributed by atoms with Crippen molar-refractivity contribution in [3.05, 3.63) is 120 Å². The Balaban J connectivity index is 1.40. The maximum atomic E-state index is 13.3. The molecule has 0 spiro atoms. The van der Waals surface area contributed by atoms with Crippen LogP contribution in [0.5, 0.6) is 0 Å². The monoisotopic (exact) mass is 554 g/mol. The number of piperidine rings is 1. The largest absolute Gasteiger partial charge is 0.445 e. The van der Waals surface area contributed by atoms with Gasteiger partial charge in [0.25, 0.3) is 0 Å². The van der Waals surface area contributed by atoms with Crippen LogP contribution in [0.3, 0.4) is 0 Å². The van der Waals surface area contributed by atoms with Gasteiger partial charge >= 0.3 is 6.09 Å². The molecule has 0 N–H and O–H groups in total. The Morgan fingerprint density at radius 2 is 1.46 bits per heavy atom. The normalized spacial score (nSPS) is 16.7. The average molecular weight is 555 g/mol. The molecule has 1 aliphatic heterocycles. The molecule has 0 aliphatic carbocycles. The van der Waals surface area contributed by atoms with E-state index in [1.807, 2.05) is 91.0 Å². The number of hydrogen-bond donors (Lipinski definition) is 0. The smallest absolute Gasteiger partial charge is 0.410 e. The molecule has 1 heterocycles. The molecule has 214 valence electrons. The Bertz CT molecular complexity index is 1270. The van der Waals surface area contributed by atoms with Gasteiger partial charge in [0.05, 0.1) is 18.8 Å². The molecule has 0 aromatic heterocycles. The van der Waals surface area contributed by atoms with Crippen molar-refractivity contribution in [3.8, 4) is 0 Å². The maximum absolute atomic E-state index is 13.3. The van der Waals surface area contributed by atoms with Crippen LogP contribution >= 0.6 is 0 Å². The predicted molar refractivity (Wildman–Crippen MR) is 158 cm³/mol. The number of likely N-dealkylation sites (tertiary alicyclic amines) is 1. The lowest BCUT2D eigenvalue weighted by Gasteiger charge is -2.40. The second-order valence-corrected chi connectivity index (χ2v) is 10.2. The quantitative estimate of drug-likeness (QED) is 0.231. The summed E-state index contributed by atoms with van der Waals surface area (Å²) >= 11 is 0. The number of carbonyl (C=O) groups is 3. The van der Waals surface area contributed by atoms with E-state index >= 15 is 0 Å². The summed E-state index contributed by atoms with van der Waals surface area (Å²) in [7, 11) is 0. The first-order valence-electron chi connectivity index (χ1n) is 14.1. The Kier molecular flexibility index (Phi) is 11.3. The fourth-order valence-electron chi connectivity index (χ4n) is 5.02. The molecular weight excluding hydrogens is 516 g/mol. The van der Waals surface area contributed by atoms with Gasteiger partial charge in [0.2, 0.25) is 5.91 Å². The van der Waals surface area contributed by atoms with Gasteiger partial charge in [-0.15, -0.1) is 6.58 Å². The number of rotatable bonds is 14. The van der Waals surface area contributed by atoms with E-state index in [2.05, 4.69) is 6.58 Å². The second kappa shape index (κ2) is 15.5. The van der Waals surface area contributed by atoms with Gasteiger partial charge in [0.15, 0.2) is 0 Å². The summed E-state index contributed by atoms with van der Waals surface area (Å²) in [6.07, 6.45) is 2.16. The number of Topliss-reactive ketones (excluding diaryl/α,β-unsaturated/α-hetero) is 1. The lowest BCUT2D eigenvalue weighted by molar-refractivity contribution is -0.146. The van der Waals surface area contributed by atoms with Gasteiger partial charge in [0.1, 0.15) is 12.4 Å². The zero-order valence-corrected chi connectivity index (χ0v) is 23.4. The fraction of sp³-hybridized carbons (Fsp3) is 0.324. The maximum Gasteiger partial charge on any atom is 0.410 e. The number of benzene rings is 3. The highest BCUT2D eigenvalue weighted by atomic mass is 16.6. The van der Waals surface area contributed by atoms with Crippen LogP contribution in [0.25, 0.3) is 0 Å². The molecule has 1 saturated heterocycles.